The van der Waals surface area contributed by atoms with Gasteiger partial charge in [-0.25, -0.2) is 0 Å². The third kappa shape index (κ3) is 3.11. The molecule has 0 aliphatic carbocycles. The molecule has 1 aliphatic rings. The minimum atomic E-state index is -0.155. The highest BCUT2D eigenvalue weighted by atomic mass is 32.2. The SMILES string of the molecule is COc1cccc(OC)c1C1SC(C)C(=O)N1Cc1ccc2ccn(C)c2c1. The predicted octanol–water partition coefficient (Wildman–Crippen LogP) is 4.36. The zero-order valence-electron chi connectivity index (χ0n) is 16.5. The Bertz CT molecular complexity index is 1010. The predicted molar refractivity (Wildman–Crippen MR) is 113 cm³/mol. The van der Waals surface area contributed by atoms with Crippen molar-refractivity contribution in [3.63, 3.8) is 0 Å². The molecule has 2 unspecified atom stereocenters. The largest absolute Gasteiger partial charge is 0.496 e. The number of fused-ring (bicyclic) bond motifs is 1. The van der Waals surface area contributed by atoms with Crippen LogP contribution in [0.4, 0.5) is 0 Å². The number of hydrogen-bond acceptors (Lipinski definition) is 4. The van der Waals surface area contributed by atoms with Crippen molar-refractivity contribution < 1.29 is 14.3 Å². The Kier molecular flexibility index (Phi) is 4.98. The summed E-state index contributed by atoms with van der Waals surface area (Å²) in [6, 6.07) is 14.2. The number of ether oxygens (including phenoxy) is 2. The molecule has 0 N–H and O–H groups in total. The van der Waals surface area contributed by atoms with Crippen molar-refractivity contribution in [1.29, 1.82) is 0 Å². The molecule has 1 fully saturated rings. The highest BCUT2D eigenvalue weighted by Gasteiger charge is 2.41. The summed E-state index contributed by atoms with van der Waals surface area (Å²) in [6.07, 6.45) is 2.05. The van der Waals surface area contributed by atoms with Gasteiger partial charge in [-0.3, -0.25) is 4.79 Å². The molecule has 1 aromatic heterocycles. The first kappa shape index (κ1) is 18.7. The Morgan fingerprint density at radius 3 is 2.46 bits per heavy atom. The normalized spacial score (nSPS) is 19.4. The van der Waals surface area contributed by atoms with Crippen LogP contribution < -0.4 is 9.47 Å². The van der Waals surface area contributed by atoms with E-state index in [2.05, 4.69) is 35.0 Å². The molecule has 1 aliphatic heterocycles. The molecule has 5 nitrogen and oxygen atoms in total. The second kappa shape index (κ2) is 7.43. The molecule has 2 aromatic carbocycles. The van der Waals surface area contributed by atoms with Gasteiger partial charge in [-0.15, -0.1) is 11.8 Å². The minimum absolute atomic E-state index is 0.113. The van der Waals surface area contributed by atoms with E-state index in [-0.39, 0.29) is 16.5 Å². The van der Waals surface area contributed by atoms with Crippen LogP contribution in [0, 0.1) is 0 Å². The Morgan fingerprint density at radius 1 is 1.07 bits per heavy atom. The zero-order chi connectivity index (χ0) is 19.8. The van der Waals surface area contributed by atoms with E-state index in [0.29, 0.717) is 6.54 Å². The fraction of sp³-hybridized carbons (Fsp3) is 0.318. The van der Waals surface area contributed by atoms with Crippen LogP contribution in [0.2, 0.25) is 0 Å². The highest BCUT2D eigenvalue weighted by molar-refractivity contribution is 8.01. The van der Waals surface area contributed by atoms with Gasteiger partial charge in [0.1, 0.15) is 16.9 Å². The van der Waals surface area contributed by atoms with Crippen LogP contribution >= 0.6 is 11.8 Å². The number of rotatable bonds is 5. The van der Waals surface area contributed by atoms with Crippen LogP contribution in [0.5, 0.6) is 11.5 Å². The maximum absolute atomic E-state index is 13.0. The highest BCUT2D eigenvalue weighted by Crippen LogP contribution is 2.49. The molecule has 6 heteroatoms. The van der Waals surface area contributed by atoms with E-state index in [1.807, 2.05) is 37.1 Å². The van der Waals surface area contributed by atoms with E-state index in [1.54, 1.807) is 26.0 Å². The monoisotopic (exact) mass is 396 g/mol. The van der Waals surface area contributed by atoms with Crippen LogP contribution in [-0.2, 0) is 18.4 Å². The summed E-state index contributed by atoms with van der Waals surface area (Å²) < 4.78 is 13.3. The third-order valence-electron chi connectivity index (χ3n) is 5.27. The van der Waals surface area contributed by atoms with Gasteiger partial charge in [0.2, 0.25) is 5.91 Å². The Morgan fingerprint density at radius 2 is 1.79 bits per heavy atom. The van der Waals surface area contributed by atoms with Gasteiger partial charge in [0.15, 0.2) is 0 Å². The van der Waals surface area contributed by atoms with E-state index < -0.39 is 0 Å². The first-order chi connectivity index (χ1) is 13.5. The van der Waals surface area contributed by atoms with Gasteiger partial charge in [0.25, 0.3) is 0 Å². The van der Waals surface area contributed by atoms with Crippen molar-refractivity contribution in [2.24, 2.45) is 7.05 Å². The summed E-state index contributed by atoms with van der Waals surface area (Å²) in [4.78, 5) is 14.9. The molecule has 1 amide bonds. The molecule has 146 valence electrons. The molecule has 0 spiro atoms. The van der Waals surface area contributed by atoms with Crippen molar-refractivity contribution in [2.75, 3.05) is 14.2 Å². The molecule has 1 saturated heterocycles. The lowest BCUT2D eigenvalue weighted by Gasteiger charge is -2.27. The molecule has 2 atom stereocenters. The van der Waals surface area contributed by atoms with Gasteiger partial charge in [-0.05, 0) is 42.1 Å². The molecule has 4 rings (SSSR count). The van der Waals surface area contributed by atoms with E-state index in [9.17, 15) is 4.79 Å². The van der Waals surface area contributed by atoms with Crippen LogP contribution in [0.15, 0.2) is 48.7 Å². The number of carbonyl (C=O) groups excluding carboxylic acids is 1. The summed E-state index contributed by atoms with van der Waals surface area (Å²) in [5, 5.41) is 0.931. The second-order valence-corrected chi connectivity index (χ2v) is 8.42. The quantitative estimate of drug-likeness (QED) is 0.643. The molecule has 3 aromatic rings. The zero-order valence-corrected chi connectivity index (χ0v) is 17.3. The van der Waals surface area contributed by atoms with Crippen molar-refractivity contribution in [1.82, 2.24) is 9.47 Å². The number of benzene rings is 2. The van der Waals surface area contributed by atoms with Gasteiger partial charge < -0.3 is 18.9 Å². The van der Waals surface area contributed by atoms with E-state index >= 15 is 0 Å². The van der Waals surface area contributed by atoms with Crippen molar-refractivity contribution >= 4 is 28.6 Å². The first-order valence-electron chi connectivity index (χ1n) is 9.24. The maximum Gasteiger partial charge on any atom is 0.236 e. The molecular formula is C22H24N2O3S. The van der Waals surface area contributed by atoms with Gasteiger partial charge in [-0.1, -0.05) is 18.2 Å². The van der Waals surface area contributed by atoms with E-state index in [1.165, 1.54) is 5.39 Å². The third-order valence-corrected chi connectivity index (χ3v) is 6.62. The summed E-state index contributed by atoms with van der Waals surface area (Å²) in [5.41, 5.74) is 3.18. The van der Waals surface area contributed by atoms with Crippen LogP contribution in [0.25, 0.3) is 10.9 Å². The fourth-order valence-corrected chi connectivity index (χ4v) is 5.12. The minimum Gasteiger partial charge on any atom is -0.496 e. The number of aryl methyl sites for hydroxylation is 1. The lowest BCUT2D eigenvalue weighted by molar-refractivity contribution is -0.130. The average Bonchev–Trinajstić information content (AvgIpc) is 3.21. The summed E-state index contributed by atoms with van der Waals surface area (Å²) in [5.74, 6) is 1.61. The van der Waals surface area contributed by atoms with E-state index in [0.717, 1.165) is 28.1 Å². The van der Waals surface area contributed by atoms with Crippen LogP contribution in [0.1, 0.15) is 23.4 Å². The average molecular weight is 397 g/mol. The summed E-state index contributed by atoms with van der Waals surface area (Å²) >= 11 is 1.63. The molecular weight excluding hydrogens is 372 g/mol. The number of nitrogens with zero attached hydrogens (tertiary/aromatic N) is 2. The molecule has 0 saturated carbocycles. The Labute approximate surface area is 169 Å². The molecule has 0 radical (unpaired) electrons. The molecule has 28 heavy (non-hydrogen) atoms. The number of hydrogen-bond donors (Lipinski definition) is 0. The van der Waals surface area contributed by atoms with Crippen molar-refractivity contribution in [3.8, 4) is 11.5 Å². The lowest BCUT2D eigenvalue weighted by atomic mass is 10.1. The number of carbonyl (C=O) groups is 1. The van der Waals surface area contributed by atoms with Crippen molar-refractivity contribution in [2.45, 2.75) is 24.1 Å². The van der Waals surface area contributed by atoms with Gasteiger partial charge >= 0.3 is 0 Å². The fourth-order valence-electron chi connectivity index (χ4n) is 3.79. The lowest BCUT2D eigenvalue weighted by Crippen LogP contribution is -2.30. The maximum atomic E-state index is 13.0. The smallest absolute Gasteiger partial charge is 0.236 e. The Hall–Kier alpha value is -2.60. The van der Waals surface area contributed by atoms with E-state index in [4.69, 9.17) is 9.47 Å². The van der Waals surface area contributed by atoms with Crippen LogP contribution in [-0.4, -0.2) is 34.8 Å². The van der Waals surface area contributed by atoms with Crippen LogP contribution in [0.3, 0.4) is 0 Å². The number of methoxy groups -OCH3 is 2. The number of aromatic nitrogens is 1. The molecule has 0 bridgehead atoms. The summed E-state index contributed by atoms with van der Waals surface area (Å²) in [7, 11) is 5.33. The number of thioether (sulfide) groups is 1. The van der Waals surface area contributed by atoms with Gasteiger partial charge in [0, 0.05) is 25.3 Å². The topological polar surface area (TPSA) is 43.7 Å². The standard InChI is InChI=1S/C22H24N2O3S/c1-14-21(25)24(13-15-8-9-16-10-11-23(2)17(16)12-15)22(28-14)20-18(26-3)6-5-7-19(20)27-4/h5-12,14,22H,13H2,1-4H3. The van der Waals surface area contributed by atoms with Gasteiger partial charge in [0.05, 0.1) is 25.0 Å². The van der Waals surface area contributed by atoms with Crippen molar-refractivity contribution in [3.05, 3.63) is 59.8 Å². The number of amides is 1. The summed E-state index contributed by atoms with van der Waals surface area (Å²) in [6.45, 7) is 2.51. The van der Waals surface area contributed by atoms with Gasteiger partial charge in [-0.2, -0.15) is 0 Å². The Balaban J connectivity index is 1.74. The second-order valence-electron chi connectivity index (χ2n) is 6.99. The first-order valence-corrected chi connectivity index (χ1v) is 10.2. The molecule has 2 heterocycles.